The van der Waals surface area contributed by atoms with Gasteiger partial charge in [0.25, 0.3) is 0 Å². The Morgan fingerprint density at radius 2 is 1.86 bits per heavy atom. The maximum absolute atomic E-state index is 5.91. The van der Waals surface area contributed by atoms with Crippen LogP contribution in [0.25, 0.3) is 0 Å². The largest absolute Gasteiger partial charge is 0.380 e. The zero-order valence-electron chi connectivity index (χ0n) is 9.11. The third kappa shape index (κ3) is 2.27. The number of ether oxygens (including phenoxy) is 1. The number of hydrogen-bond donors (Lipinski definition) is 1. The molecule has 1 atom stereocenters. The highest BCUT2D eigenvalue weighted by Gasteiger charge is 2.30. The van der Waals surface area contributed by atoms with Crippen molar-refractivity contribution < 1.29 is 4.74 Å². The van der Waals surface area contributed by atoms with E-state index in [1.54, 1.807) is 0 Å². The average Bonchev–Trinajstić information content (AvgIpc) is 2.67. The maximum Gasteiger partial charge on any atom is 0.0710 e. The summed E-state index contributed by atoms with van der Waals surface area (Å²) < 4.78 is 5.39. The van der Waals surface area contributed by atoms with Crippen LogP contribution >= 0.6 is 0 Å². The molecule has 82 valence electrons. The number of hydrogen-bond acceptors (Lipinski definition) is 3. The molecule has 2 aliphatic rings. The minimum Gasteiger partial charge on any atom is -0.380 e. The Morgan fingerprint density at radius 3 is 2.43 bits per heavy atom. The summed E-state index contributed by atoms with van der Waals surface area (Å²) in [5.41, 5.74) is 5.91. The summed E-state index contributed by atoms with van der Waals surface area (Å²) in [6, 6.07) is 1.25. The fraction of sp³-hybridized carbons (Fsp3) is 1.00. The van der Waals surface area contributed by atoms with Crippen molar-refractivity contribution in [2.45, 2.75) is 50.3 Å². The van der Waals surface area contributed by atoms with Gasteiger partial charge < -0.3 is 10.5 Å². The number of nitrogens with zero attached hydrogens (tertiary/aromatic N) is 1. The molecule has 0 amide bonds. The van der Waals surface area contributed by atoms with Crippen LogP contribution in [0.15, 0.2) is 0 Å². The van der Waals surface area contributed by atoms with Gasteiger partial charge in [-0.1, -0.05) is 0 Å². The van der Waals surface area contributed by atoms with Crippen LogP contribution in [0.2, 0.25) is 0 Å². The van der Waals surface area contributed by atoms with Crippen LogP contribution in [-0.2, 0) is 4.74 Å². The van der Waals surface area contributed by atoms with E-state index in [1.807, 2.05) is 7.11 Å². The molecule has 1 heterocycles. The van der Waals surface area contributed by atoms with Gasteiger partial charge in [-0.3, -0.25) is 4.90 Å². The van der Waals surface area contributed by atoms with Crippen LogP contribution in [0.4, 0.5) is 0 Å². The molecular formula is C11H22N2O. The van der Waals surface area contributed by atoms with Crippen LogP contribution in [-0.4, -0.2) is 43.3 Å². The molecule has 0 aromatic carbocycles. The summed E-state index contributed by atoms with van der Waals surface area (Å²) in [7, 11) is 1.82. The Bertz CT molecular complexity index is 178. The molecule has 0 aromatic heterocycles. The molecule has 0 unspecified atom stereocenters. The molecule has 1 saturated carbocycles. The second kappa shape index (κ2) is 4.60. The molecule has 2 N–H and O–H groups in total. The number of likely N-dealkylation sites (tertiary alicyclic amines) is 1. The second-order valence-electron chi connectivity index (χ2n) is 4.71. The van der Waals surface area contributed by atoms with Gasteiger partial charge in [0.2, 0.25) is 0 Å². The van der Waals surface area contributed by atoms with E-state index < -0.39 is 0 Å². The fourth-order valence-corrected chi connectivity index (χ4v) is 2.74. The minimum atomic E-state index is 0.465. The summed E-state index contributed by atoms with van der Waals surface area (Å²) >= 11 is 0. The molecule has 0 bridgehead atoms. The molecule has 0 aromatic rings. The van der Waals surface area contributed by atoms with Gasteiger partial charge in [-0.15, -0.1) is 0 Å². The van der Waals surface area contributed by atoms with Crippen molar-refractivity contribution in [3.05, 3.63) is 0 Å². The smallest absolute Gasteiger partial charge is 0.0710 e. The molecule has 3 heteroatoms. The Hall–Kier alpha value is -0.120. The fourth-order valence-electron chi connectivity index (χ4n) is 2.74. The molecule has 2 fully saturated rings. The molecule has 14 heavy (non-hydrogen) atoms. The van der Waals surface area contributed by atoms with Crippen LogP contribution in [0.3, 0.4) is 0 Å². The van der Waals surface area contributed by atoms with Gasteiger partial charge in [0.15, 0.2) is 0 Å². The quantitative estimate of drug-likeness (QED) is 0.719. The first kappa shape index (κ1) is 10.4. The Morgan fingerprint density at radius 1 is 1.14 bits per heavy atom. The summed E-state index contributed by atoms with van der Waals surface area (Å²) in [6.45, 7) is 2.36. The Labute approximate surface area is 86.6 Å². The van der Waals surface area contributed by atoms with E-state index in [1.165, 1.54) is 38.6 Å². The van der Waals surface area contributed by atoms with Crippen molar-refractivity contribution in [2.24, 2.45) is 5.73 Å². The molecule has 1 aliphatic heterocycles. The van der Waals surface area contributed by atoms with Crippen LogP contribution < -0.4 is 5.73 Å². The molecule has 0 spiro atoms. The van der Waals surface area contributed by atoms with Crippen molar-refractivity contribution in [3.63, 3.8) is 0 Å². The average molecular weight is 198 g/mol. The predicted molar refractivity (Wildman–Crippen MR) is 57.2 cm³/mol. The van der Waals surface area contributed by atoms with Gasteiger partial charge in [-0.05, 0) is 32.1 Å². The van der Waals surface area contributed by atoms with E-state index in [4.69, 9.17) is 10.5 Å². The van der Waals surface area contributed by atoms with Crippen LogP contribution in [0.1, 0.15) is 32.1 Å². The molecule has 2 rings (SSSR count). The normalized spacial score (nSPS) is 40.3. The van der Waals surface area contributed by atoms with Crippen LogP contribution in [0.5, 0.6) is 0 Å². The van der Waals surface area contributed by atoms with Gasteiger partial charge in [0.05, 0.1) is 6.10 Å². The zero-order chi connectivity index (χ0) is 9.97. The van der Waals surface area contributed by atoms with Crippen molar-refractivity contribution in [1.82, 2.24) is 4.90 Å². The highest BCUT2D eigenvalue weighted by molar-refractivity contribution is 4.86. The van der Waals surface area contributed by atoms with Crippen molar-refractivity contribution in [2.75, 3.05) is 20.2 Å². The Kier molecular flexibility index (Phi) is 3.42. The van der Waals surface area contributed by atoms with E-state index in [2.05, 4.69) is 4.90 Å². The number of methoxy groups -OCH3 is 1. The first-order valence-electron chi connectivity index (χ1n) is 5.82. The maximum atomic E-state index is 5.91. The van der Waals surface area contributed by atoms with Crippen molar-refractivity contribution in [1.29, 1.82) is 0 Å². The lowest BCUT2D eigenvalue weighted by molar-refractivity contribution is 0.0943. The van der Waals surface area contributed by atoms with Gasteiger partial charge in [0.1, 0.15) is 0 Å². The monoisotopic (exact) mass is 198 g/mol. The topological polar surface area (TPSA) is 38.5 Å². The first-order valence-corrected chi connectivity index (χ1v) is 5.82. The van der Waals surface area contributed by atoms with E-state index in [0.717, 1.165) is 12.6 Å². The predicted octanol–water partition coefficient (Wildman–Crippen LogP) is 0.977. The standard InChI is InChI=1S/C11H22N2O/c1-14-11-6-7-13(8-11)10-4-2-9(12)3-5-10/h9-11H,2-8,12H2,1H3/t9?,10?,11-/m1/s1. The van der Waals surface area contributed by atoms with E-state index in [9.17, 15) is 0 Å². The number of rotatable bonds is 2. The van der Waals surface area contributed by atoms with E-state index >= 15 is 0 Å². The highest BCUT2D eigenvalue weighted by Crippen LogP contribution is 2.25. The van der Waals surface area contributed by atoms with Gasteiger partial charge in [-0.25, -0.2) is 0 Å². The highest BCUT2D eigenvalue weighted by atomic mass is 16.5. The zero-order valence-corrected chi connectivity index (χ0v) is 9.11. The van der Waals surface area contributed by atoms with E-state index in [-0.39, 0.29) is 0 Å². The van der Waals surface area contributed by atoms with Crippen molar-refractivity contribution in [3.8, 4) is 0 Å². The molecule has 3 nitrogen and oxygen atoms in total. The summed E-state index contributed by atoms with van der Waals surface area (Å²) in [5, 5.41) is 0. The molecule has 1 saturated heterocycles. The molecule has 0 radical (unpaired) electrons. The van der Waals surface area contributed by atoms with Gasteiger partial charge >= 0.3 is 0 Å². The lowest BCUT2D eigenvalue weighted by atomic mass is 9.91. The SMILES string of the molecule is CO[C@@H]1CCN(C2CCC(N)CC2)C1. The van der Waals surface area contributed by atoms with Crippen molar-refractivity contribution >= 4 is 0 Å². The summed E-state index contributed by atoms with van der Waals surface area (Å²) in [4.78, 5) is 2.60. The molecular weight excluding hydrogens is 176 g/mol. The second-order valence-corrected chi connectivity index (χ2v) is 4.71. The lowest BCUT2D eigenvalue weighted by Gasteiger charge is -2.33. The third-order valence-corrected chi connectivity index (χ3v) is 3.77. The third-order valence-electron chi connectivity index (χ3n) is 3.77. The van der Waals surface area contributed by atoms with E-state index in [0.29, 0.717) is 12.1 Å². The first-order chi connectivity index (χ1) is 6.79. The van der Waals surface area contributed by atoms with Gasteiger partial charge in [-0.2, -0.15) is 0 Å². The number of nitrogens with two attached hydrogens (primary N) is 1. The van der Waals surface area contributed by atoms with Gasteiger partial charge in [0, 0.05) is 32.3 Å². The minimum absolute atomic E-state index is 0.465. The summed E-state index contributed by atoms with van der Waals surface area (Å²) in [6.07, 6.45) is 6.68. The lowest BCUT2D eigenvalue weighted by Crippen LogP contribution is -2.40. The Balaban J connectivity index is 1.79. The van der Waals surface area contributed by atoms with Crippen LogP contribution in [0, 0.1) is 0 Å². The summed E-state index contributed by atoms with van der Waals surface area (Å²) in [5.74, 6) is 0. The molecule has 1 aliphatic carbocycles.